The van der Waals surface area contributed by atoms with E-state index >= 15 is 0 Å². The summed E-state index contributed by atoms with van der Waals surface area (Å²) < 4.78 is 0. The summed E-state index contributed by atoms with van der Waals surface area (Å²) in [6, 6.07) is -0.226. The highest BCUT2D eigenvalue weighted by Gasteiger charge is 2.29. The van der Waals surface area contributed by atoms with Gasteiger partial charge in [0.2, 0.25) is 0 Å². The molecule has 1 aliphatic heterocycles. The smallest absolute Gasteiger partial charge is 0.320 e. The first-order chi connectivity index (χ1) is 7.52. The van der Waals surface area contributed by atoms with E-state index in [2.05, 4.69) is 0 Å². The number of carboxylic acid groups (broad SMARTS) is 1. The average molecular weight is 229 g/mol. The van der Waals surface area contributed by atoms with Crippen molar-refractivity contribution in [1.82, 2.24) is 4.90 Å². The lowest BCUT2D eigenvalue weighted by Gasteiger charge is -2.33. The Balaban J connectivity index is 2.68. The number of likely N-dealkylation sites (tertiary alicyclic amines) is 1. The van der Waals surface area contributed by atoms with Crippen molar-refractivity contribution in [2.45, 2.75) is 64.1 Å². The highest BCUT2D eigenvalue weighted by Crippen LogP contribution is 2.22. The molecule has 0 aromatic heterocycles. The van der Waals surface area contributed by atoms with E-state index in [1.807, 2.05) is 4.90 Å². The average Bonchev–Trinajstić information content (AvgIpc) is 2.41. The quantitative estimate of drug-likeness (QED) is 0.766. The highest BCUT2D eigenvalue weighted by atomic mass is 16.4. The number of aliphatic hydroxyl groups is 1. The summed E-state index contributed by atoms with van der Waals surface area (Å²) in [5, 5.41) is 18.5. The maximum absolute atomic E-state index is 11.0. The fraction of sp³-hybridized carbons (Fsp3) is 0.917. The van der Waals surface area contributed by atoms with Crippen LogP contribution < -0.4 is 0 Å². The van der Waals surface area contributed by atoms with E-state index in [0.717, 1.165) is 25.8 Å². The van der Waals surface area contributed by atoms with Gasteiger partial charge in [-0.2, -0.15) is 0 Å². The van der Waals surface area contributed by atoms with Crippen molar-refractivity contribution in [2.24, 2.45) is 0 Å². The number of rotatable bonds is 4. The lowest BCUT2D eigenvalue weighted by molar-refractivity contribution is -0.143. The summed E-state index contributed by atoms with van der Waals surface area (Å²) in [5.74, 6) is -0.766. The first-order valence-corrected chi connectivity index (χ1v) is 6.19. The van der Waals surface area contributed by atoms with E-state index in [9.17, 15) is 9.90 Å². The number of aliphatic carboxylic acids is 1. The van der Waals surface area contributed by atoms with Crippen molar-refractivity contribution in [3.8, 4) is 0 Å². The van der Waals surface area contributed by atoms with Gasteiger partial charge in [-0.3, -0.25) is 9.69 Å². The monoisotopic (exact) mass is 229 g/mol. The number of carbonyl (C=O) groups is 1. The zero-order chi connectivity index (χ0) is 12.1. The van der Waals surface area contributed by atoms with Gasteiger partial charge in [-0.1, -0.05) is 12.8 Å². The minimum absolute atomic E-state index is 0.216. The molecular weight excluding hydrogens is 206 g/mol. The lowest BCUT2D eigenvalue weighted by Crippen LogP contribution is -2.46. The summed E-state index contributed by atoms with van der Waals surface area (Å²) in [5.41, 5.74) is 0. The van der Waals surface area contributed by atoms with Gasteiger partial charge in [0, 0.05) is 6.04 Å². The molecule has 4 heteroatoms. The molecule has 3 atom stereocenters. The highest BCUT2D eigenvalue weighted by molar-refractivity contribution is 5.72. The molecule has 1 fully saturated rings. The predicted molar refractivity (Wildman–Crippen MR) is 62.4 cm³/mol. The molecule has 0 aromatic rings. The lowest BCUT2D eigenvalue weighted by atomic mass is 10.0. The van der Waals surface area contributed by atoms with Crippen LogP contribution in [0.25, 0.3) is 0 Å². The van der Waals surface area contributed by atoms with Crippen LogP contribution in [0.4, 0.5) is 0 Å². The Morgan fingerprint density at radius 1 is 1.38 bits per heavy atom. The van der Waals surface area contributed by atoms with E-state index in [4.69, 9.17) is 5.11 Å². The molecule has 0 amide bonds. The topological polar surface area (TPSA) is 60.8 Å². The largest absolute Gasteiger partial charge is 0.480 e. The third-order valence-corrected chi connectivity index (χ3v) is 3.39. The number of carboxylic acids is 1. The van der Waals surface area contributed by atoms with Crippen molar-refractivity contribution < 1.29 is 15.0 Å². The number of hydrogen-bond acceptors (Lipinski definition) is 3. The van der Waals surface area contributed by atoms with Crippen molar-refractivity contribution in [2.75, 3.05) is 6.54 Å². The van der Waals surface area contributed by atoms with Crippen molar-refractivity contribution in [1.29, 1.82) is 0 Å². The van der Waals surface area contributed by atoms with Gasteiger partial charge in [0.05, 0.1) is 6.10 Å². The molecule has 1 aliphatic rings. The molecule has 2 N–H and O–H groups in total. The molecular formula is C12H23NO3. The summed E-state index contributed by atoms with van der Waals surface area (Å²) >= 11 is 0. The molecule has 1 heterocycles. The molecule has 0 aromatic carbocycles. The Bertz CT molecular complexity index is 230. The van der Waals surface area contributed by atoms with Gasteiger partial charge in [0.1, 0.15) is 6.04 Å². The summed E-state index contributed by atoms with van der Waals surface area (Å²) in [7, 11) is 0. The van der Waals surface area contributed by atoms with Crippen LogP contribution in [0.2, 0.25) is 0 Å². The van der Waals surface area contributed by atoms with Gasteiger partial charge in [-0.15, -0.1) is 0 Å². The molecule has 0 bridgehead atoms. The molecule has 0 aliphatic carbocycles. The minimum atomic E-state index is -0.766. The van der Waals surface area contributed by atoms with Crippen LogP contribution in [-0.4, -0.2) is 45.8 Å². The first kappa shape index (κ1) is 13.5. The Hall–Kier alpha value is -0.610. The van der Waals surface area contributed by atoms with Crippen LogP contribution in [0.5, 0.6) is 0 Å². The Morgan fingerprint density at radius 2 is 2.06 bits per heavy atom. The zero-order valence-electron chi connectivity index (χ0n) is 10.2. The molecule has 3 unspecified atom stereocenters. The van der Waals surface area contributed by atoms with Crippen LogP contribution in [0.15, 0.2) is 0 Å². The van der Waals surface area contributed by atoms with E-state index in [1.165, 1.54) is 6.42 Å². The summed E-state index contributed by atoms with van der Waals surface area (Å²) in [6.07, 6.45) is 4.69. The van der Waals surface area contributed by atoms with Crippen LogP contribution in [0.3, 0.4) is 0 Å². The Morgan fingerprint density at radius 3 is 2.62 bits per heavy atom. The van der Waals surface area contributed by atoms with Crippen LogP contribution >= 0.6 is 0 Å². The second kappa shape index (κ2) is 6.21. The van der Waals surface area contributed by atoms with Crippen molar-refractivity contribution >= 4 is 5.97 Å². The number of nitrogens with zero attached hydrogens (tertiary/aromatic N) is 1. The van der Waals surface area contributed by atoms with Crippen LogP contribution in [-0.2, 0) is 4.79 Å². The molecule has 0 radical (unpaired) electrons. The van der Waals surface area contributed by atoms with Gasteiger partial charge in [-0.05, 0) is 39.7 Å². The standard InChI is InChI=1S/C12H23NO3/c1-9(14)8-11-6-4-3-5-7-13(11)10(2)12(15)16/h9-11,14H,3-8H2,1-2H3,(H,15,16). The minimum Gasteiger partial charge on any atom is -0.480 e. The van der Waals surface area contributed by atoms with Gasteiger partial charge in [0.25, 0.3) is 0 Å². The third kappa shape index (κ3) is 3.76. The van der Waals surface area contributed by atoms with Gasteiger partial charge in [0.15, 0.2) is 0 Å². The molecule has 16 heavy (non-hydrogen) atoms. The SMILES string of the molecule is CC(O)CC1CCCCCN1C(C)C(=O)O. The Kier molecular flexibility index (Phi) is 5.22. The fourth-order valence-electron chi connectivity index (χ4n) is 2.50. The van der Waals surface area contributed by atoms with Crippen molar-refractivity contribution in [3.05, 3.63) is 0 Å². The maximum Gasteiger partial charge on any atom is 0.320 e. The normalized spacial score (nSPS) is 27.1. The summed E-state index contributed by atoms with van der Waals surface area (Å²) in [6.45, 7) is 4.35. The molecule has 0 saturated carbocycles. The molecule has 94 valence electrons. The van der Waals surface area contributed by atoms with E-state index in [-0.39, 0.29) is 12.1 Å². The van der Waals surface area contributed by atoms with Crippen LogP contribution in [0, 0.1) is 0 Å². The van der Waals surface area contributed by atoms with Gasteiger partial charge in [-0.25, -0.2) is 0 Å². The summed E-state index contributed by atoms with van der Waals surface area (Å²) in [4.78, 5) is 13.1. The van der Waals surface area contributed by atoms with Crippen molar-refractivity contribution in [3.63, 3.8) is 0 Å². The van der Waals surface area contributed by atoms with E-state index in [1.54, 1.807) is 13.8 Å². The molecule has 1 saturated heterocycles. The predicted octanol–water partition coefficient (Wildman–Crippen LogP) is 1.47. The molecule has 0 spiro atoms. The maximum atomic E-state index is 11.0. The fourth-order valence-corrected chi connectivity index (χ4v) is 2.50. The zero-order valence-corrected chi connectivity index (χ0v) is 10.2. The second-order valence-corrected chi connectivity index (χ2v) is 4.84. The molecule has 4 nitrogen and oxygen atoms in total. The number of aliphatic hydroxyl groups excluding tert-OH is 1. The van der Waals surface area contributed by atoms with E-state index in [0.29, 0.717) is 6.42 Å². The third-order valence-electron chi connectivity index (χ3n) is 3.39. The van der Waals surface area contributed by atoms with E-state index < -0.39 is 12.0 Å². The first-order valence-electron chi connectivity index (χ1n) is 6.19. The molecule has 1 rings (SSSR count). The van der Waals surface area contributed by atoms with Crippen LogP contribution in [0.1, 0.15) is 46.0 Å². The van der Waals surface area contributed by atoms with Gasteiger partial charge < -0.3 is 10.2 Å². The van der Waals surface area contributed by atoms with Gasteiger partial charge >= 0.3 is 5.97 Å². The number of hydrogen-bond donors (Lipinski definition) is 2. The Labute approximate surface area is 97.3 Å². The second-order valence-electron chi connectivity index (χ2n) is 4.84.